The quantitative estimate of drug-likeness (QED) is 0.420. The van der Waals surface area contributed by atoms with Gasteiger partial charge in [0.2, 0.25) is 0 Å². The standard InChI is InChI=1S/C9H11NO/c1-2-9(5-8-11)10-6-3-4-7-10/h1,5,9H,3-4,6-7H2. The Labute approximate surface area is 66.9 Å². The van der Waals surface area contributed by atoms with Crippen molar-refractivity contribution in [2.75, 3.05) is 13.1 Å². The Balaban J connectivity index is 2.55. The Morgan fingerprint density at radius 2 is 2.09 bits per heavy atom. The van der Waals surface area contributed by atoms with E-state index in [2.05, 4.69) is 10.8 Å². The molecule has 1 saturated heterocycles. The summed E-state index contributed by atoms with van der Waals surface area (Å²) in [6, 6.07) is -0.130. The van der Waals surface area contributed by atoms with Gasteiger partial charge in [0, 0.05) is 6.08 Å². The first kappa shape index (κ1) is 8.07. The molecule has 58 valence electrons. The lowest BCUT2D eigenvalue weighted by Crippen LogP contribution is -2.29. The third-order valence-corrected chi connectivity index (χ3v) is 1.93. The van der Waals surface area contributed by atoms with Crippen molar-refractivity contribution in [1.29, 1.82) is 0 Å². The van der Waals surface area contributed by atoms with E-state index in [0.717, 1.165) is 13.1 Å². The van der Waals surface area contributed by atoms with Crippen LogP contribution in [0, 0.1) is 12.3 Å². The van der Waals surface area contributed by atoms with Crippen molar-refractivity contribution in [3.8, 4) is 12.3 Å². The number of rotatable bonds is 2. The molecule has 1 heterocycles. The minimum atomic E-state index is -0.130. The summed E-state index contributed by atoms with van der Waals surface area (Å²) in [5.74, 6) is 4.29. The van der Waals surface area contributed by atoms with Gasteiger partial charge in [0.05, 0.1) is 0 Å². The number of likely N-dealkylation sites (tertiary alicyclic amines) is 1. The van der Waals surface area contributed by atoms with Crippen LogP contribution in [-0.2, 0) is 4.79 Å². The number of terminal acetylenes is 1. The highest BCUT2D eigenvalue weighted by Crippen LogP contribution is 2.11. The molecule has 0 saturated carbocycles. The van der Waals surface area contributed by atoms with E-state index < -0.39 is 0 Å². The molecule has 0 radical (unpaired) electrons. The number of carbonyl (C=O) groups excluding carboxylic acids is 1. The van der Waals surface area contributed by atoms with Crippen LogP contribution >= 0.6 is 0 Å². The van der Waals surface area contributed by atoms with E-state index in [4.69, 9.17) is 6.42 Å². The van der Waals surface area contributed by atoms with E-state index in [-0.39, 0.29) is 6.04 Å². The molecule has 1 rings (SSSR count). The van der Waals surface area contributed by atoms with Gasteiger partial charge in [-0.15, -0.1) is 6.42 Å². The first-order valence-corrected chi connectivity index (χ1v) is 3.79. The lowest BCUT2D eigenvalue weighted by molar-refractivity contribution is 0.330. The summed E-state index contributed by atoms with van der Waals surface area (Å²) in [5.41, 5.74) is 0. The second-order valence-corrected chi connectivity index (χ2v) is 2.64. The molecule has 2 nitrogen and oxygen atoms in total. The zero-order valence-electron chi connectivity index (χ0n) is 6.42. The molecule has 0 spiro atoms. The summed E-state index contributed by atoms with van der Waals surface area (Å²) in [6.07, 6.45) is 9.02. The molecule has 11 heavy (non-hydrogen) atoms. The second kappa shape index (κ2) is 3.98. The summed E-state index contributed by atoms with van der Waals surface area (Å²) in [6.45, 7) is 2.01. The normalized spacial score (nSPS) is 20.3. The molecular weight excluding hydrogens is 138 g/mol. The summed E-state index contributed by atoms with van der Waals surface area (Å²) in [7, 11) is 0. The fourth-order valence-corrected chi connectivity index (χ4v) is 1.34. The van der Waals surface area contributed by atoms with Crippen LogP contribution in [0.3, 0.4) is 0 Å². The van der Waals surface area contributed by atoms with Crippen LogP contribution in [-0.4, -0.2) is 30.0 Å². The van der Waals surface area contributed by atoms with E-state index in [1.54, 1.807) is 5.94 Å². The maximum Gasteiger partial charge on any atom is 0.122 e. The molecule has 0 amide bonds. The summed E-state index contributed by atoms with van der Waals surface area (Å²) in [4.78, 5) is 12.1. The van der Waals surface area contributed by atoms with E-state index in [1.807, 2.05) is 0 Å². The Morgan fingerprint density at radius 1 is 1.45 bits per heavy atom. The topological polar surface area (TPSA) is 20.3 Å². The van der Waals surface area contributed by atoms with Crippen LogP contribution in [0.15, 0.2) is 6.08 Å². The SMILES string of the molecule is C#CC(C=C=O)N1CCCC1. The Kier molecular flexibility index (Phi) is 2.92. The predicted molar refractivity (Wildman–Crippen MR) is 43.7 cm³/mol. The van der Waals surface area contributed by atoms with E-state index >= 15 is 0 Å². The van der Waals surface area contributed by atoms with Crippen molar-refractivity contribution < 1.29 is 4.79 Å². The van der Waals surface area contributed by atoms with Gasteiger partial charge in [0.15, 0.2) is 0 Å². The Morgan fingerprint density at radius 3 is 2.55 bits per heavy atom. The highest BCUT2D eigenvalue weighted by atomic mass is 16.1. The molecule has 1 aliphatic heterocycles. The maximum absolute atomic E-state index is 10.0. The molecule has 0 bridgehead atoms. The fourth-order valence-electron chi connectivity index (χ4n) is 1.34. The van der Waals surface area contributed by atoms with Crippen molar-refractivity contribution >= 4 is 5.94 Å². The van der Waals surface area contributed by atoms with Gasteiger partial charge in [-0.2, -0.15) is 0 Å². The van der Waals surface area contributed by atoms with Crippen molar-refractivity contribution in [2.24, 2.45) is 0 Å². The lowest BCUT2D eigenvalue weighted by atomic mass is 10.3. The van der Waals surface area contributed by atoms with Gasteiger partial charge in [0.1, 0.15) is 12.0 Å². The van der Waals surface area contributed by atoms with Crippen molar-refractivity contribution in [3.63, 3.8) is 0 Å². The summed E-state index contributed by atoms with van der Waals surface area (Å²) in [5, 5.41) is 0. The Bertz CT molecular complexity index is 204. The van der Waals surface area contributed by atoms with Gasteiger partial charge in [-0.3, -0.25) is 4.90 Å². The van der Waals surface area contributed by atoms with Crippen LogP contribution < -0.4 is 0 Å². The molecule has 1 unspecified atom stereocenters. The predicted octanol–water partition coefficient (Wildman–Crippen LogP) is 0.472. The van der Waals surface area contributed by atoms with Crippen LogP contribution in [0.1, 0.15) is 12.8 Å². The molecule has 2 heteroatoms. The average Bonchev–Trinajstić information content (AvgIpc) is 2.52. The molecule has 0 aliphatic carbocycles. The van der Waals surface area contributed by atoms with Gasteiger partial charge in [0.25, 0.3) is 0 Å². The van der Waals surface area contributed by atoms with Crippen LogP contribution in [0.5, 0.6) is 0 Å². The molecule has 1 fully saturated rings. The molecule has 1 aliphatic rings. The molecule has 0 aromatic carbocycles. The first-order valence-electron chi connectivity index (χ1n) is 3.79. The van der Waals surface area contributed by atoms with Crippen molar-refractivity contribution in [1.82, 2.24) is 4.90 Å². The minimum Gasteiger partial charge on any atom is -0.286 e. The molecular formula is C9H11NO. The minimum absolute atomic E-state index is 0.130. The van der Waals surface area contributed by atoms with Crippen LogP contribution in [0.25, 0.3) is 0 Å². The zero-order chi connectivity index (χ0) is 8.10. The number of hydrogen-bond donors (Lipinski definition) is 0. The third kappa shape index (κ3) is 1.94. The highest BCUT2D eigenvalue weighted by molar-refractivity contribution is 5.48. The van der Waals surface area contributed by atoms with Crippen LogP contribution in [0.2, 0.25) is 0 Å². The largest absolute Gasteiger partial charge is 0.286 e. The van der Waals surface area contributed by atoms with E-state index in [9.17, 15) is 4.79 Å². The maximum atomic E-state index is 10.0. The van der Waals surface area contributed by atoms with Gasteiger partial charge in [-0.1, -0.05) is 5.92 Å². The first-order chi connectivity index (χ1) is 5.38. The molecule has 0 N–H and O–H groups in total. The van der Waals surface area contributed by atoms with E-state index in [1.165, 1.54) is 18.9 Å². The molecule has 0 aromatic heterocycles. The lowest BCUT2D eigenvalue weighted by Gasteiger charge is -2.17. The summed E-state index contributed by atoms with van der Waals surface area (Å²) >= 11 is 0. The van der Waals surface area contributed by atoms with E-state index in [0.29, 0.717) is 0 Å². The smallest absolute Gasteiger partial charge is 0.122 e. The highest BCUT2D eigenvalue weighted by Gasteiger charge is 2.17. The third-order valence-electron chi connectivity index (χ3n) is 1.93. The summed E-state index contributed by atoms with van der Waals surface area (Å²) < 4.78 is 0. The van der Waals surface area contributed by atoms with Gasteiger partial charge in [-0.25, -0.2) is 4.79 Å². The average molecular weight is 149 g/mol. The molecule has 0 aromatic rings. The van der Waals surface area contributed by atoms with Gasteiger partial charge >= 0.3 is 0 Å². The zero-order valence-corrected chi connectivity index (χ0v) is 6.42. The second-order valence-electron chi connectivity index (χ2n) is 2.64. The number of hydrogen-bond acceptors (Lipinski definition) is 2. The van der Waals surface area contributed by atoms with Gasteiger partial charge < -0.3 is 0 Å². The van der Waals surface area contributed by atoms with Crippen molar-refractivity contribution in [3.05, 3.63) is 6.08 Å². The Hall–Kier alpha value is -1.03. The van der Waals surface area contributed by atoms with Crippen molar-refractivity contribution in [2.45, 2.75) is 18.9 Å². The fraction of sp³-hybridized carbons (Fsp3) is 0.556. The van der Waals surface area contributed by atoms with Gasteiger partial charge in [-0.05, 0) is 25.9 Å². The number of nitrogens with zero attached hydrogens (tertiary/aromatic N) is 1. The van der Waals surface area contributed by atoms with Crippen LogP contribution in [0.4, 0.5) is 0 Å². The molecule has 1 atom stereocenters. The monoisotopic (exact) mass is 149 g/mol.